The van der Waals surface area contributed by atoms with Crippen LogP contribution in [0.1, 0.15) is 62.5 Å². The number of ether oxygens (including phenoxy) is 1. The Morgan fingerprint density at radius 2 is 1.97 bits per heavy atom. The first-order chi connectivity index (χ1) is 14.4. The molecule has 0 saturated carbocycles. The monoisotopic (exact) mass is 410 g/mol. The van der Waals surface area contributed by atoms with Gasteiger partial charge in [-0.3, -0.25) is 9.69 Å². The normalized spacial score (nSPS) is 20.7. The van der Waals surface area contributed by atoms with E-state index in [1.54, 1.807) is 0 Å². The van der Waals surface area contributed by atoms with Gasteiger partial charge < -0.3 is 14.5 Å². The molecule has 30 heavy (non-hydrogen) atoms. The predicted octanol–water partition coefficient (Wildman–Crippen LogP) is 4.65. The molecule has 0 unspecified atom stereocenters. The summed E-state index contributed by atoms with van der Waals surface area (Å²) in [6.07, 6.45) is 3.40. The second-order valence-electron chi connectivity index (χ2n) is 9.41. The Balaban J connectivity index is 1.42. The molecule has 1 N–H and O–H groups in total. The first kappa shape index (κ1) is 21.0. The fourth-order valence-electron chi connectivity index (χ4n) is 4.76. The van der Waals surface area contributed by atoms with Crippen molar-refractivity contribution in [2.75, 3.05) is 19.6 Å². The maximum absolute atomic E-state index is 12.6. The molecule has 2 aliphatic heterocycles. The number of hydrogen-bond donors (Lipinski definition) is 1. The summed E-state index contributed by atoms with van der Waals surface area (Å²) < 4.78 is 12.3. The largest absolute Gasteiger partial charge is 0.487 e. The number of carbonyl (C=O) groups is 1. The molecule has 2 aliphatic rings. The average Bonchev–Trinajstić information content (AvgIpc) is 3.13. The lowest BCUT2D eigenvalue weighted by Gasteiger charge is -2.46. The Morgan fingerprint density at radius 1 is 1.20 bits per heavy atom. The van der Waals surface area contributed by atoms with Gasteiger partial charge in [0.2, 0.25) is 5.91 Å². The predicted molar refractivity (Wildman–Crippen MR) is 118 cm³/mol. The zero-order valence-corrected chi connectivity index (χ0v) is 18.4. The molecule has 0 aliphatic carbocycles. The molecule has 1 saturated heterocycles. The van der Waals surface area contributed by atoms with E-state index in [0.29, 0.717) is 12.3 Å². The van der Waals surface area contributed by atoms with E-state index in [4.69, 9.17) is 9.15 Å². The number of aryl methyl sites for hydroxylation is 1. The fraction of sp³-hybridized carbons (Fsp3) is 0.560. The van der Waals surface area contributed by atoms with E-state index in [1.165, 1.54) is 5.56 Å². The van der Waals surface area contributed by atoms with Crippen molar-refractivity contribution >= 4 is 5.91 Å². The lowest BCUT2D eigenvalue weighted by molar-refractivity contribution is -0.122. The van der Waals surface area contributed by atoms with Crippen LogP contribution >= 0.6 is 0 Å². The molecule has 1 atom stereocenters. The van der Waals surface area contributed by atoms with Gasteiger partial charge in [-0.1, -0.05) is 32.0 Å². The third kappa shape index (κ3) is 4.89. The number of fused-ring (bicyclic) bond motifs is 1. The minimum atomic E-state index is -0.174. The standard InChI is InChI=1S/C25H34N2O3/c1-18(2)16-26-24(28)14-20-15-25(30-23-7-5-4-6-22(20)23)10-12-27(13-11-25)17-21-9-8-19(3)29-21/h4-9,18,20H,10-17H2,1-3H3,(H,26,28)/t20-/m0/s1. The highest BCUT2D eigenvalue weighted by molar-refractivity contribution is 5.77. The summed E-state index contributed by atoms with van der Waals surface area (Å²) in [7, 11) is 0. The van der Waals surface area contributed by atoms with Gasteiger partial charge in [-0.2, -0.15) is 0 Å². The molecule has 1 amide bonds. The van der Waals surface area contributed by atoms with Gasteiger partial charge in [-0.15, -0.1) is 0 Å². The second kappa shape index (κ2) is 8.84. The Kier molecular flexibility index (Phi) is 6.19. The Labute approximate surface area is 179 Å². The van der Waals surface area contributed by atoms with Gasteiger partial charge in [0.15, 0.2) is 0 Å². The third-order valence-corrected chi connectivity index (χ3v) is 6.39. The Hall–Kier alpha value is -2.27. The van der Waals surface area contributed by atoms with Crippen LogP contribution in [-0.2, 0) is 11.3 Å². The van der Waals surface area contributed by atoms with Crippen molar-refractivity contribution in [3.05, 3.63) is 53.5 Å². The molecular weight excluding hydrogens is 376 g/mol. The Morgan fingerprint density at radius 3 is 2.67 bits per heavy atom. The van der Waals surface area contributed by atoms with E-state index in [-0.39, 0.29) is 17.4 Å². The molecule has 5 nitrogen and oxygen atoms in total. The first-order valence-corrected chi connectivity index (χ1v) is 11.2. The number of para-hydroxylation sites is 1. The molecule has 3 heterocycles. The SMILES string of the molecule is Cc1ccc(CN2CCC3(CC2)C[C@H](CC(=O)NCC(C)C)c2ccccc2O3)o1. The van der Waals surface area contributed by atoms with E-state index in [1.807, 2.05) is 25.1 Å². The van der Waals surface area contributed by atoms with Crippen molar-refractivity contribution < 1.29 is 13.9 Å². The molecule has 1 fully saturated rings. The van der Waals surface area contributed by atoms with Crippen molar-refractivity contribution in [3.8, 4) is 5.75 Å². The van der Waals surface area contributed by atoms with Crippen molar-refractivity contribution in [2.24, 2.45) is 5.92 Å². The smallest absolute Gasteiger partial charge is 0.220 e. The van der Waals surface area contributed by atoms with Crippen molar-refractivity contribution in [2.45, 2.75) is 64.5 Å². The number of nitrogens with zero attached hydrogens (tertiary/aromatic N) is 1. The summed E-state index contributed by atoms with van der Waals surface area (Å²) in [5.74, 6) is 3.76. The van der Waals surface area contributed by atoms with Crippen molar-refractivity contribution in [1.82, 2.24) is 10.2 Å². The van der Waals surface area contributed by atoms with Gasteiger partial charge in [0, 0.05) is 32.0 Å². The van der Waals surface area contributed by atoms with E-state index in [9.17, 15) is 4.79 Å². The topological polar surface area (TPSA) is 54.7 Å². The molecular formula is C25H34N2O3. The minimum Gasteiger partial charge on any atom is -0.487 e. The molecule has 2 aromatic rings. The molecule has 1 spiro atoms. The number of piperidine rings is 1. The zero-order valence-electron chi connectivity index (χ0n) is 18.4. The molecule has 1 aromatic heterocycles. The van der Waals surface area contributed by atoms with Crippen LogP contribution in [0.4, 0.5) is 0 Å². The van der Waals surface area contributed by atoms with Crippen LogP contribution in [0.3, 0.4) is 0 Å². The van der Waals surface area contributed by atoms with Crippen LogP contribution < -0.4 is 10.1 Å². The van der Waals surface area contributed by atoms with E-state index in [2.05, 4.69) is 42.3 Å². The summed E-state index contributed by atoms with van der Waals surface area (Å²) in [6.45, 7) is 9.77. The van der Waals surface area contributed by atoms with Crippen molar-refractivity contribution in [1.29, 1.82) is 0 Å². The summed E-state index contributed by atoms with van der Waals surface area (Å²) in [6, 6.07) is 12.4. The molecule has 4 rings (SSSR count). The molecule has 162 valence electrons. The quantitative estimate of drug-likeness (QED) is 0.753. The van der Waals surface area contributed by atoms with Crippen LogP contribution in [-0.4, -0.2) is 36.0 Å². The third-order valence-electron chi connectivity index (χ3n) is 6.39. The van der Waals surface area contributed by atoms with E-state index in [0.717, 1.165) is 62.7 Å². The molecule has 1 aromatic carbocycles. The lowest BCUT2D eigenvalue weighted by atomic mass is 9.76. The highest BCUT2D eigenvalue weighted by Gasteiger charge is 2.43. The summed E-state index contributed by atoms with van der Waals surface area (Å²) >= 11 is 0. The number of likely N-dealkylation sites (tertiary alicyclic amines) is 1. The molecule has 5 heteroatoms. The van der Waals surface area contributed by atoms with Gasteiger partial charge in [-0.05, 0) is 55.9 Å². The number of carbonyl (C=O) groups excluding carboxylic acids is 1. The van der Waals surface area contributed by atoms with Gasteiger partial charge in [0.05, 0.1) is 6.54 Å². The number of hydrogen-bond acceptors (Lipinski definition) is 4. The van der Waals surface area contributed by atoms with Crippen LogP contribution in [0.25, 0.3) is 0 Å². The highest BCUT2D eigenvalue weighted by Crippen LogP contribution is 2.46. The molecule has 0 bridgehead atoms. The van der Waals surface area contributed by atoms with Crippen LogP contribution in [0, 0.1) is 12.8 Å². The van der Waals surface area contributed by atoms with E-state index >= 15 is 0 Å². The number of furan rings is 1. The number of nitrogens with one attached hydrogen (secondary N) is 1. The van der Waals surface area contributed by atoms with Crippen LogP contribution in [0.5, 0.6) is 5.75 Å². The Bertz CT molecular complexity index is 865. The number of rotatable bonds is 6. The van der Waals surface area contributed by atoms with Gasteiger partial charge in [-0.25, -0.2) is 0 Å². The molecule has 0 radical (unpaired) electrons. The maximum atomic E-state index is 12.6. The van der Waals surface area contributed by atoms with E-state index < -0.39 is 0 Å². The van der Waals surface area contributed by atoms with Crippen LogP contribution in [0.15, 0.2) is 40.8 Å². The lowest BCUT2D eigenvalue weighted by Crippen LogP contribution is -2.50. The van der Waals surface area contributed by atoms with Crippen molar-refractivity contribution in [3.63, 3.8) is 0 Å². The van der Waals surface area contributed by atoms with Crippen LogP contribution in [0.2, 0.25) is 0 Å². The van der Waals surface area contributed by atoms with Gasteiger partial charge >= 0.3 is 0 Å². The zero-order chi connectivity index (χ0) is 21.1. The summed E-state index contributed by atoms with van der Waals surface area (Å²) in [5, 5.41) is 3.09. The van der Waals surface area contributed by atoms with Gasteiger partial charge in [0.1, 0.15) is 22.9 Å². The highest BCUT2D eigenvalue weighted by atomic mass is 16.5. The maximum Gasteiger partial charge on any atom is 0.220 e. The second-order valence-corrected chi connectivity index (χ2v) is 9.41. The average molecular weight is 411 g/mol. The summed E-state index contributed by atoms with van der Waals surface area (Å²) in [5.41, 5.74) is 1.00. The number of amides is 1. The number of benzene rings is 1. The fourth-order valence-corrected chi connectivity index (χ4v) is 4.76. The summed E-state index contributed by atoms with van der Waals surface area (Å²) in [4.78, 5) is 15.0. The first-order valence-electron chi connectivity index (χ1n) is 11.2. The minimum absolute atomic E-state index is 0.145. The van der Waals surface area contributed by atoms with Gasteiger partial charge in [0.25, 0.3) is 0 Å².